The zero-order chi connectivity index (χ0) is 18.4. The molecular weight excluding hydrogens is 312 g/mol. The minimum Gasteiger partial charge on any atom is -0.352 e. The molecular formula is C21H32N2O2. The van der Waals surface area contributed by atoms with E-state index in [0.717, 1.165) is 31.4 Å². The van der Waals surface area contributed by atoms with E-state index in [-0.39, 0.29) is 30.6 Å². The highest BCUT2D eigenvalue weighted by atomic mass is 16.2. The highest BCUT2D eigenvalue weighted by molar-refractivity contribution is 5.98. The van der Waals surface area contributed by atoms with E-state index in [4.69, 9.17) is 0 Å². The Morgan fingerprint density at radius 2 is 1.84 bits per heavy atom. The summed E-state index contributed by atoms with van der Waals surface area (Å²) in [6, 6.07) is 6.15. The molecule has 1 aliphatic carbocycles. The monoisotopic (exact) mass is 344 g/mol. The summed E-state index contributed by atoms with van der Waals surface area (Å²) >= 11 is 0. The number of Topliss-reactive ketones (excluding diaryl/α,β-unsaturated/α-hetero) is 1. The summed E-state index contributed by atoms with van der Waals surface area (Å²) in [5, 5.41) is 3.10. The fourth-order valence-corrected chi connectivity index (χ4v) is 3.61. The van der Waals surface area contributed by atoms with Crippen molar-refractivity contribution in [1.29, 1.82) is 0 Å². The SMILES string of the molecule is CC(C)CC(CN(C)C)NC(=O)CCC(=O)c1ccc2c(c1)CCC2. The van der Waals surface area contributed by atoms with Gasteiger partial charge in [0.2, 0.25) is 5.91 Å². The fraction of sp³-hybridized carbons (Fsp3) is 0.619. The quantitative estimate of drug-likeness (QED) is 0.700. The average molecular weight is 344 g/mol. The number of carbonyl (C=O) groups excluding carboxylic acids is 2. The van der Waals surface area contributed by atoms with Crippen LogP contribution in [-0.2, 0) is 17.6 Å². The summed E-state index contributed by atoms with van der Waals surface area (Å²) in [5.74, 6) is 0.568. The second-order valence-corrected chi connectivity index (χ2v) is 7.92. The molecule has 0 radical (unpaired) electrons. The molecule has 1 N–H and O–H groups in total. The molecule has 0 saturated heterocycles. The number of hydrogen-bond donors (Lipinski definition) is 1. The molecule has 1 amide bonds. The Labute approximate surface area is 152 Å². The Hall–Kier alpha value is -1.68. The largest absolute Gasteiger partial charge is 0.352 e. The highest BCUT2D eigenvalue weighted by Gasteiger charge is 2.17. The molecule has 4 heteroatoms. The number of amides is 1. The summed E-state index contributed by atoms with van der Waals surface area (Å²) in [5.41, 5.74) is 3.42. The highest BCUT2D eigenvalue weighted by Crippen LogP contribution is 2.23. The van der Waals surface area contributed by atoms with Gasteiger partial charge in [-0.2, -0.15) is 0 Å². The van der Waals surface area contributed by atoms with E-state index in [2.05, 4.69) is 30.1 Å². The maximum absolute atomic E-state index is 12.4. The molecule has 1 aromatic carbocycles. The van der Waals surface area contributed by atoms with Gasteiger partial charge in [-0.3, -0.25) is 9.59 Å². The molecule has 0 fully saturated rings. The first kappa shape index (κ1) is 19.6. The van der Waals surface area contributed by atoms with E-state index in [9.17, 15) is 9.59 Å². The van der Waals surface area contributed by atoms with E-state index < -0.39 is 0 Å². The molecule has 1 unspecified atom stereocenters. The molecule has 4 nitrogen and oxygen atoms in total. The van der Waals surface area contributed by atoms with Crippen LogP contribution in [0, 0.1) is 5.92 Å². The maximum atomic E-state index is 12.4. The van der Waals surface area contributed by atoms with E-state index >= 15 is 0 Å². The van der Waals surface area contributed by atoms with Gasteiger partial charge in [0.25, 0.3) is 0 Å². The van der Waals surface area contributed by atoms with Crippen molar-refractivity contribution in [3.63, 3.8) is 0 Å². The van der Waals surface area contributed by atoms with Crippen molar-refractivity contribution in [3.05, 3.63) is 34.9 Å². The van der Waals surface area contributed by atoms with Gasteiger partial charge in [0.15, 0.2) is 5.78 Å². The number of fused-ring (bicyclic) bond motifs is 1. The van der Waals surface area contributed by atoms with Crippen molar-refractivity contribution >= 4 is 11.7 Å². The first-order valence-corrected chi connectivity index (χ1v) is 9.44. The van der Waals surface area contributed by atoms with Crippen LogP contribution in [0.5, 0.6) is 0 Å². The molecule has 1 aromatic rings. The number of hydrogen-bond acceptors (Lipinski definition) is 3. The molecule has 0 saturated carbocycles. The van der Waals surface area contributed by atoms with Crippen molar-refractivity contribution in [2.24, 2.45) is 5.92 Å². The van der Waals surface area contributed by atoms with Crippen molar-refractivity contribution < 1.29 is 9.59 Å². The van der Waals surface area contributed by atoms with Gasteiger partial charge in [0.05, 0.1) is 0 Å². The summed E-state index contributed by atoms with van der Waals surface area (Å²) in [6.07, 6.45) is 4.85. The lowest BCUT2D eigenvalue weighted by Gasteiger charge is -2.24. The molecule has 0 aliphatic heterocycles. The summed E-state index contributed by atoms with van der Waals surface area (Å²) in [7, 11) is 4.02. The molecule has 0 bridgehead atoms. The number of rotatable bonds is 9. The van der Waals surface area contributed by atoms with Crippen molar-refractivity contribution in [3.8, 4) is 0 Å². The summed E-state index contributed by atoms with van der Waals surface area (Å²) in [4.78, 5) is 26.7. The Balaban J connectivity index is 1.84. The minimum absolute atomic E-state index is 0.0259. The number of nitrogens with zero attached hydrogens (tertiary/aromatic N) is 1. The van der Waals surface area contributed by atoms with Crippen LogP contribution in [-0.4, -0.2) is 43.3 Å². The van der Waals surface area contributed by atoms with Gasteiger partial charge in [0.1, 0.15) is 0 Å². The maximum Gasteiger partial charge on any atom is 0.220 e. The molecule has 2 rings (SSSR count). The fourth-order valence-electron chi connectivity index (χ4n) is 3.61. The zero-order valence-corrected chi connectivity index (χ0v) is 16.1. The van der Waals surface area contributed by atoms with E-state index in [1.807, 2.05) is 26.2 Å². The molecule has 0 heterocycles. The first-order chi connectivity index (χ1) is 11.8. The van der Waals surface area contributed by atoms with Gasteiger partial charge in [0, 0.05) is 31.0 Å². The smallest absolute Gasteiger partial charge is 0.220 e. The molecule has 25 heavy (non-hydrogen) atoms. The number of carbonyl (C=O) groups is 2. The second-order valence-electron chi connectivity index (χ2n) is 7.92. The van der Waals surface area contributed by atoms with Crippen LogP contribution in [0.4, 0.5) is 0 Å². The second kappa shape index (κ2) is 9.14. The molecule has 0 spiro atoms. The Kier molecular flexibility index (Phi) is 7.18. The summed E-state index contributed by atoms with van der Waals surface area (Å²) < 4.78 is 0. The first-order valence-electron chi connectivity index (χ1n) is 9.44. The zero-order valence-electron chi connectivity index (χ0n) is 16.1. The third-order valence-electron chi connectivity index (χ3n) is 4.71. The van der Waals surface area contributed by atoms with Gasteiger partial charge in [-0.1, -0.05) is 26.0 Å². The van der Waals surface area contributed by atoms with Crippen LogP contribution >= 0.6 is 0 Å². The average Bonchev–Trinajstić information content (AvgIpc) is 2.98. The molecule has 1 atom stereocenters. The van der Waals surface area contributed by atoms with Crippen LogP contribution in [0.3, 0.4) is 0 Å². The molecule has 1 aliphatic rings. The predicted octanol–water partition coefficient (Wildman–Crippen LogP) is 3.23. The van der Waals surface area contributed by atoms with E-state index in [1.165, 1.54) is 17.5 Å². The van der Waals surface area contributed by atoms with Gasteiger partial charge in [-0.15, -0.1) is 0 Å². The van der Waals surface area contributed by atoms with Crippen molar-refractivity contribution in [2.45, 2.75) is 58.4 Å². The number of ketones is 1. The predicted molar refractivity (Wildman–Crippen MR) is 102 cm³/mol. The lowest BCUT2D eigenvalue weighted by atomic mass is 10.0. The third kappa shape index (κ3) is 6.28. The minimum atomic E-state index is -0.0259. The number of likely N-dealkylation sites (N-methyl/N-ethyl adjacent to an activating group) is 1. The Bertz CT molecular complexity index is 598. The Morgan fingerprint density at radius 3 is 2.52 bits per heavy atom. The van der Waals surface area contributed by atoms with Gasteiger partial charge in [-0.05, 0) is 62.9 Å². The molecule has 138 valence electrons. The lowest BCUT2D eigenvalue weighted by Crippen LogP contribution is -2.42. The van der Waals surface area contributed by atoms with Crippen molar-refractivity contribution in [1.82, 2.24) is 10.2 Å². The van der Waals surface area contributed by atoms with Gasteiger partial charge >= 0.3 is 0 Å². The lowest BCUT2D eigenvalue weighted by molar-refractivity contribution is -0.121. The standard InChI is InChI=1S/C21H32N2O2/c1-15(2)12-19(14-23(3)4)22-21(25)11-10-20(24)18-9-8-16-6-5-7-17(16)13-18/h8-9,13,15,19H,5-7,10-12,14H2,1-4H3,(H,22,25). The van der Waals surface area contributed by atoms with Gasteiger partial charge in [-0.25, -0.2) is 0 Å². The van der Waals surface area contributed by atoms with Gasteiger partial charge < -0.3 is 10.2 Å². The summed E-state index contributed by atoms with van der Waals surface area (Å²) in [6.45, 7) is 5.14. The van der Waals surface area contributed by atoms with Crippen LogP contribution < -0.4 is 5.32 Å². The van der Waals surface area contributed by atoms with Crippen LogP contribution in [0.1, 0.15) is 61.0 Å². The van der Waals surface area contributed by atoms with E-state index in [0.29, 0.717) is 5.92 Å². The molecule has 0 aromatic heterocycles. The third-order valence-corrected chi connectivity index (χ3v) is 4.71. The number of aryl methyl sites for hydroxylation is 2. The normalized spacial score (nSPS) is 14.6. The van der Waals surface area contributed by atoms with E-state index in [1.54, 1.807) is 0 Å². The Morgan fingerprint density at radius 1 is 1.12 bits per heavy atom. The van der Waals surface area contributed by atoms with Crippen LogP contribution in [0.15, 0.2) is 18.2 Å². The number of benzene rings is 1. The number of nitrogens with one attached hydrogen (secondary N) is 1. The van der Waals surface area contributed by atoms with Crippen molar-refractivity contribution in [2.75, 3.05) is 20.6 Å². The topological polar surface area (TPSA) is 49.4 Å². The van der Waals surface area contributed by atoms with Crippen LogP contribution in [0.25, 0.3) is 0 Å². The van der Waals surface area contributed by atoms with Crippen LogP contribution in [0.2, 0.25) is 0 Å².